The Hall–Kier alpha value is -2.54. The van der Waals surface area contributed by atoms with E-state index in [-0.39, 0.29) is 5.92 Å². The van der Waals surface area contributed by atoms with Gasteiger partial charge in [-0.2, -0.15) is 0 Å². The third-order valence-corrected chi connectivity index (χ3v) is 3.51. The largest absolute Gasteiger partial charge is 0.399 e. The Kier molecular flexibility index (Phi) is 3.51. The van der Waals surface area contributed by atoms with E-state index in [0.29, 0.717) is 0 Å². The summed E-state index contributed by atoms with van der Waals surface area (Å²) in [6, 6.07) is 29.2. The lowest BCUT2D eigenvalue weighted by Gasteiger charge is -2.19. The van der Waals surface area contributed by atoms with Crippen molar-refractivity contribution < 1.29 is 0 Å². The molecule has 0 aliphatic rings. The van der Waals surface area contributed by atoms with Crippen LogP contribution in [0.1, 0.15) is 22.6 Å². The van der Waals surface area contributed by atoms with Gasteiger partial charge in [0.1, 0.15) is 0 Å². The van der Waals surface area contributed by atoms with E-state index in [1.54, 1.807) is 0 Å². The van der Waals surface area contributed by atoms with E-state index in [9.17, 15) is 0 Å². The Bertz CT molecular complexity index is 635. The molecule has 0 saturated carbocycles. The lowest BCUT2D eigenvalue weighted by Crippen LogP contribution is -2.03. The number of nitrogen functional groups attached to an aromatic ring is 1. The molecule has 0 aromatic heterocycles. The first-order chi connectivity index (χ1) is 9.84. The highest BCUT2D eigenvalue weighted by atomic mass is 14.5. The molecule has 0 unspecified atom stereocenters. The van der Waals surface area contributed by atoms with Crippen molar-refractivity contribution in [2.45, 2.75) is 5.92 Å². The Morgan fingerprint density at radius 3 is 1.55 bits per heavy atom. The summed E-state index contributed by atoms with van der Waals surface area (Å²) in [4.78, 5) is 0. The average molecular weight is 259 g/mol. The molecule has 0 saturated heterocycles. The van der Waals surface area contributed by atoms with Gasteiger partial charge in [0, 0.05) is 11.6 Å². The summed E-state index contributed by atoms with van der Waals surface area (Å²) < 4.78 is 0. The molecule has 0 atom stereocenters. The molecular weight excluding hydrogens is 242 g/mol. The zero-order valence-electron chi connectivity index (χ0n) is 11.2. The lowest BCUT2D eigenvalue weighted by atomic mass is 9.85. The fourth-order valence-corrected chi connectivity index (χ4v) is 2.61. The van der Waals surface area contributed by atoms with E-state index in [2.05, 4.69) is 60.7 Å². The fraction of sp³-hybridized carbons (Fsp3) is 0.0526. The van der Waals surface area contributed by atoms with Crippen LogP contribution in [0.15, 0.2) is 84.9 Å². The van der Waals surface area contributed by atoms with E-state index in [4.69, 9.17) is 5.73 Å². The molecule has 0 heterocycles. The molecule has 0 aliphatic heterocycles. The van der Waals surface area contributed by atoms with Crippen LogP contribution in [-0.4, -0.2) is 0 Å². The summed E-state index contributed by atoms with van der Waals surface area (Å²) in [5.41, 5.74) is 10.5. The van der Waals surface area contributed by atoms with Gasteiger partial charge in [-0.3, -0.25) is 0 Å². The summed E-state index contributed by atoms with van der Waals surface area (Å²) in [7, 11) is 0. The van der Waals surface area contributed by atoms with E-state index >= 15 is 0 Å². The molecule has 0 radical (unpaired) electrons. The molecule has 0 fully saturated rings. The average Bonchev–Trinajstić information content (AvgIpc) is 2.50. The Morgan fingerprint density at radius 1 is 0.550 bits per heavy atom. The monoisotopic (exact) mass is 259 g/mol. The molecule has 0 spiro atoms. The van der Waals surface area contributed by atoms with Crippen molar-refractivity contribution in [3.8, 4) is 0 Å². The summed E-state index contributed by atoms with van der Waals surface area (Å²) in [5, 5.41) is 0. The Morgan fingerprint density at radius 2 is 1.05 bits per heavy atom. The molecule has 1 heteroatoms. The molecular formula is C19H17N. The number of hydrogen-bond acceptors (Lipinski definition) is 1. The molecule has 3 rings (SSSR count). The van der Waals surface area contributed by atoms with Crippen molar-refractivity contribution in [1.29, 1.82) is 0 Å². The summed E-state index contributed by atoms with van der Waals surface area (Å²) >= 11 is 0. The summed E-state index contributed by atoms with van der Waals surface area (Å²) in [6.45, 7) is 0. The van der Waals surface area contributed by atoms with Gasteiger partial charge in [-0.1, -0.05) is 72.8 Å². The van der Waals surface area contributed by atoms with Crippen LogP contribution >= 0.6 is 0 Å². The van der Waals surface area contributed by atoms with Gasteiger partial charge in [-0.05, 0) is 28.8 Å². The third kappa shape index (κ3) is 2.57. The maximum absolute atomic E-state index is 5.95. The van der Waals surface area contributed by atoms with Crippen LogP contribution < -0.4 is 5.73 Å². The van der Waals surface area contributed by atoms with Crippen LogP contribution in [0.4, 0.5) is 5.69 Å². The predicted octanol–water partition coefficient (Wildman–Crippen LogP) is 4.45. The zero-order chi connectivity index (χ0) is 13.8. The molecule has 0 aliphatic carbocycles. The van der Waals surface area contributed by atoms with Crippen molar-refractivity contribution in [3.63, 3.8) is 0 Å². The van der Waals surface area contributed by atoms with Gasteiger partial charge in [0.15, 0.2) is 0 Å². The van der Waals surface area contributed by atoms with Gasteiger partial charge in [-0.25, -0.2) is 0 Å². The van der Waals surface area contributed by atoms with Gasteiger partial charge in [-0.15, -0.1) is 0 Å². The highest BCUT2D eigenvalue weighted by Crippen LogP contribution is 2.32. The predicted molar refractivity (Wildman–Crippen MR) is 84.7 cm³/mol. The summed E-state index contributed by atoms with van der Waals surface area (Å²) in [6.07, 6.45) is 0. The van der Waals surface area contributed by atoms with Crippen molar-refractivity contribution in [3.05, 3.63) is 102 Å². The Labute approximate surface area is 119 Å². The highest BCUT2D eigenvalue weighted by molar-refractivity contribution is 5.49. The molecule has 98 valence electrons. The molecule has 3 aromatic carbocycles. The second-order valence-corrected chi connectivity index (χ2v) is 4.92. The molecule has 0 amide bonds. The fourth-order valence-electron chi connectivity index (χ4n) is 2.61. The standard InChI is InChI=1S/C19H17N/c20-18-13-7-12-17(14-18)19(15-8-3-1-4-9-15)16-10-5-2-6-11-16/h1-14,19H,20H2. The van der Waals surface area contributed by atoms with Gasteiger partial charge in [0.2, 0.25) is 0 Å². The number of anilines is 1. The molecule has 20 heavy (non-hydrogen) atoms. The molecule has 3 aromatic rings. The lowest BCUT2D eigenvalue weighted by molar-refractivity contribution is 0.978. The first kappa shape index (κ1) is 12.5. The smallest absolute Gasteiger partial charge is 0.0340 e. The van der Waals surface area contributed by atoms with Crippen LogP contribution in [0, 0.1) is 0 Å². The van der Waals surface area contributed by atoms with Crippen LogP contribution in [0.25, 0.3) is 0 Å². The maximum atomic E-state index is 5.95. The van der Waals surface area contributed by atoms with Gasteiger partial charge < -0.3 is 5.73 Å². The quantitative estimate of drug-likeness (QED) is 0.546. The first-order valence-electron chi connectivity index (χ1n) is 6.80. The maximum Gasteiger partial charge on any atom is 0.0340 e. The minimum Gasteiger partial charge on any atom is -0.399 e. The summed E-state index contributed by atoms with van der Waals surface area (Å²) in [5.74, 6) is 0.223. The van der Waals surface area contributed by atoms with E-state index in [0.717, 1.165) is 5.69 Å². The van der Waals surface area contributed by atoms with E-state index in [1.807, 2.05) is 24.3 Å². The van der Waals surface area contributed by atoms with Crippen LogP contribution in [0.3, 0.4) is 0 Å². The van der Waals surface area contributed by atoms with Gasteiger partial charge >= 0.3 is 0 Å². The second kappa shape index (κ2) is 5.62. The number of rotatable bonds is 3. The normalized spacial score (nSPS) is 10.7. The number of benzene rings is 3. The van der Waals surface area contributed by atoms with E-state index in [1.165, 1.54) is 16.7 Å². The highest BCUT2D eigenvalue weighted by Gasteiger charge is 2.16. The number of nitrogens with two attached hydrogens (primary N) is 1. The van der Waals surface area contributed by atoms with Crippen molar-refractivity contribution >= 4 is 5.69 Å². The van der Waals surface area contributed by atoms with Crippen molar-refractivity contribution in [2.75, 3.05) is 5.73 Å². The van der Waals surface area contributed by atoms with Crippen LogP contribution in [-0.2, 0) is 0 Å². The number of hydrogen-bond donors (Lipinski definition) is 1. The zero-order valence-corrected chi connectivity index (χ0v) is 11.2. The minimum atomic E-state index is 0.223. The molecule has 2 N–H and O–H groups in total. The Balaban J connectivity index is 2.14. The third-order valence-electron chi connectivity index (χ3n) is 3.51. The SMILES string of the molecule is Nc1cccc(C(c2ccccc2)c2ccccc2)c1. The van der Waals surface area contributed by atoms with Crippen LogP contribution in [0.2, 0.25) is 0 Å². The first-order valence-corrected chi connectivity index (χ1v) is 6.80. The van der Waals surface area contributed by atoms with Crippen LogP contribution in [0.5, 0.6) is 0 Å². The minimum absolute atomic E-state index is 0.223. The molecule has 1 nitrogen and oxygen atoms in total. The van der Waals surface area contributed by atoms with Crippen molar-refractivity contribution in [2.24, 2.45) is 0 Å². The van der Waals surface area contributed by atoms with Gasteiger partial charge in [0.05, 0.1) is 0 Å². The second-order valence-electron chi connectivity index (χ2n) is 4.92. The van der Waals surface area contributed by atoms with E-state index < -0.39 is 0 Å². The van der Waals surface area contributed by atoms with Gasteiger partial charge in [0.25, 0.3) is 0 Å². The topological polar surface area (TPSA) is 26.0 Å². The molecule has 0 bridgehead atoms. The van der Waals surface area contributed by atoms with Crippen molar-refractivity contribution in [1.82, 2.24) is 0 Å².